The average molecular weight is 304 g/mol. The van der Waals surface area contributed by atoms with Gasteiger partial charge < -0.3 is 4.57 Å². The molecule has 18 heavy (non-hydrogen) atoms. The van der Waals surface area contributed by atoms with Crippen molar-refractivity contribution in [3.05, 3.63) is 52.5 Å². The molecule has 0 aliphatic rings. The van der Waals surface area contributed by atoms with E-state index in [9.17, 15) is 10.1 Å². The number of nitrogens with zero attached hydrogens (tertiary/aromatic N) is 3. The fourth-order valence-electron chi connectivity index (χ4n) is 1.66. The Morgan fingerprint density at radius 2 is 2.33 bits per heavy atom. The molecule has 0 saturated carbocycles. The van der Waals surface area contributed by atoms with Crippen molar-refractivity contribution >= 4 is 21.7 Å². The molecule has 0 aliphatic heterocycles. The molecule has 4 nitrogen and oxygen atoms in total. The first-order chi connectivity index (χ1) is 8.61. The molecule has 0 aliphatic carbocycles. The number of halogens is 1. The smallest absolute Gasteiger partial charge is 0.204 e. The van der Waals surface area contributed by atoms with E-state index >= 15 is 0 Å². The van der Waals surface area contributed by atoms with Gasteiger partial charge in [0.25, 0.3) is 0 Å². The monoisotopic (exact) mass is 303 g/mol. The summed E-state index contributed by atoms with van der Waals surface area (Å²) < 4.78 is 2.52. The summed E-state index contributed by atoms with van der Waals surface area (Å²) >= 11 is 3.33. The minimum atomic E-state index is -0.822. The van der Waals surface area contributed by atoms with E-state index in [2.05, 4.69) is 20.9 Å². The zero-order chi connectivity index (χ0) is 13.1. The lowest BCUT2D eigenvalue weighted by Gasteiger charge is -2.06. The Morgan fingerprint density at radius 1 is 1.56 bits per heavy atom. The lowest BCUT2D eigenvalue weighted by Crippen LogP contribution is -2.11. The molecule has 0 amide bonds. The maximum absolute atomic E-state index is 12.2. The Bertz CT molecular complexity index is 627. The number of benzene rings is 1. The first kappa shape index (κ1) is 12.5. The molecule has 1 aromatic carbocycles. The molecule has 1 atom stereocenters. The molecule has 1 unspecified atom stereocenters. The highest BCUT2D eigenvalue weighted by Gasteiger charge is 2.23. The topological polar surface area (TPSA) is 58.7 Å². The van der Waals surface area contributed by atoms with Crippen molar-refractivity contribution in [3.63, 3.8) is 0 Å². The van der Waals surface area contributed by atoms with E-state index in [1.54, 1.807) is 42.3 Å². The lowest BCUT2D eigenvalue weighted by atomic mass is 9.95. The largest absolute Gasteiger partial charge is 0.340 e. The van der Waals surface area contributed by atoms with Crippen LogP contribution in [0.15, 0.2) is 41.3 Å². The Hall–Kier alpha value is -1.93. The van der Waals surface area contributed by atoms with Crippen LogP contribution in [0, 0.1) is 11.3 Å². The molecule has 0 spiro atoms. The average Bonchev–Trinajstić information content (AvgIpc) is 2.77. The van der Waals surface area contributed by atoms with Crippen molar-refractivity contribution in [1.29, 1.82) is 5.26 Å². The predicted octanol–water partition coefficient (Wildman–Crippen LogP) is 2.67. The van der Waals surface area contributed by atoms with Gasteiger partial charge in [0.1, 0.15) is 11.6 Å². The summed E-state index contributed by atoms with van der Waals surface area (Å²) in [6.45, 7) is 0. The molecular formula is C13H10BrN3O. The molecule has 0 bridgehead atoms. The molecular weight excluding hydrogens is 294 g/mol. The van der Waals surface area contributed by atoms with E-state index in [0.29, 0.717) is 11.3 Å². The zero-order valence-corrected chi connectivity index (χ0v) is 11.3. The van der Waals surface area contributed by atoms with Gasteiger partial charge in [-0.15, -0.1) is 0 Å². The van der Waals surface area contributed by atoms with Crippen LogP contribution >= 0.6 is 15.9 Å². The summed E-state index contributed by atoms with van der Waals surface area (Å²) in [6.07, 6.45) is 3.16. The Kier molecular flexibility index (Phi) is 3.58. The van der Waals surface area contributed by atoms with E-state index in [1.807, 2.05) is 12.1 Å². The maximum atomic E-state index is 12.2. The van der Waals surface area contributed by atoms with Crippen LogP contribution in [0.5, 0.6) is 0 Å². The fraction of sp³-hybridized carbons (Fsp3) is 0.154. The number of ketones is 1. The summed E-state index contributed by atoms with van der Waals surface area (Å²) in [6, 6.07) is 9.22. The molecule has 0 saturated heterocycles. The van der Waals surface area contributed by atoms with E-state index in [0.717, 1.165) is 4.47 Å². The van der Waals surface area contributed by atoms with Crippen molar-refractivity contribution in [3.8, 4) is 6.07 Å². The highest BCUT2D eigenvalue weighted by Crippen LogP contribution is 2.22. The van der Waals surface area contributed by atoms with E-state index in [4.69, 9.17) is 0 Å². The number of hydrogen-bond donors (Lipinski definition) is 0. The van der Waals surface area contributed by atoms with E-state index < -0.39 is 5.92 Å². The molecule has 0 N–H and O–H groups in total. The van der Waals surface area contributed by atoms with Gasteiger partial charge in [-0.3, -0.25) is 4.79 Å². The number of aryl methyl sites for hydroxylation is 1. The summed E-state index contributed by atoms with van der Waals surface area (Å²) in [5, 5.41) is 9.19. The van der Waals surface area contributed by atoms with Crippen LogP contribution in [-0.2, 0) is 7.05 Å². The van der Waals surface area contributed by atoms with Gasteiger partial charge >= 0.3 is 0 Å². The van der Waals surface area contributed by atoms with Crippen LogP contribution in [0.1, 0.15) is 22.0 Å². The number of hydrogen-bond acceptors (Lipinski definition) is 3. The second-order valence-electron chi connectivity index (χ2n) is 3.91. The molecule has 1 aromatic heterocycles. The first-order valence-corrected chi connectivity index (χ1v) is 6.08. The maximum Gasteiger partial charge on any atom is 0.204 e. The van der Waals surface area contributed by atoms with Crippen molar-refractivity contribution in [2.24, 2.45) is 7.05 Å². The third-order valence-electron chi connectivity index (χ3n) is 2.53. The van der Waals surface area contributed by atoms with Gasteiger partial charge in [-0.2, -0.15) is 5.26 Å². The summed E-state index contributed by atoms with van der Waals surface area (Å²) in [5.74, 6) is -1.10. The SMILES string of the molecule is Cn1cnc(C(=O)C(C#N)c2cccc(Br)c2)c1. The summed E-state index contributed by atoms with van der Waals surface area (Å²) in [5.41, 5.74) is 0.978. The van der Waals surface area contributed by atoms with E-state index in [1.165, 1.54) is 0 Å². The molecule has 0 radical (unpaired) electrons. The molecule has 5 heteroatoms. The normalized spacial score (nSPS) is 11.8. The van der Waals surface area contributed by atoms with Crippen LogP contribution in [-0.4, -0.2) is 15.3 Å². The molecule has 1 heterocycles. The Balaban J connectivity index is 2.35. The minimum Gasteiger partial charge on any atom is -0.340 e. The predicted molar refractivity (Wildman–Crippen MR) is 70.0 cm³/mol. The second-order valence-corrected chi connectivity index (χ2v) is 4.82. The third kappa shape index (κ3) is 2.49. The van der Waals surface area contributed by atoms with Gasteiger partial charge in [0.15, 0.2) is 0 Å². The fourth-order valence-corrected chi connectivity index (χ4v) is 2.08. The van der Waals surface area contributed by atoms with Crippen molar-refractivity contribution in [2.75, 3.05) is 0 Å². The Morgan fingerprint density at radius 3 is 2.89 bits per heavy atom. The van der Waals surface area contributed by atoms with E-state index in [-0.39, 0.29) is 5.78 Å². The third-order valence-corrected chi connectivity index (χ3v) is 3.02. The van der Waals surface area contributed by atoms with Gasteiger partial charge in [0, 0.05) is 17.7 Å². The number of imidazole rings is 1. The number of carbonyl (C=O) groups is 1. The summed E-state index contributed by atoms with van der Waals surface area (Å²) in [4.78, 5) is 16.2. The second kappa shape index (κ2) is 5.15. The van der Waals surface area contributed by atoms with Crippen molar-refractivity contribution in [1.82, 2.24) is 9.55 Å². The standard InChI is InChI=1S/C13H10BrN3O/c1-17-7-12(16-8-17)13(18)11(6-15)9-3-2-4-10(14)5-9/h2-5,7-8,11H,1H3. The summed E-state index contributed by atoms with van der Waals surface area (Å²) in [7, 11) is 1.78. The van der Waals surface area contributed by atoms with Crippen LogP contribution in [0.3, 0.4) is 0 Å². The van der Waals surface area contributed by atoms with Crippen LogP contribution < -0.4 is 0 Å². The van der Waals surface area contributed by atoms with Gasteiger partial charge in [-0.25, -0.2) is 4.98 Å². The Labute approximate surface area is 113 Å². The first-order valence-electron chi connectivity index (χ1n) is 5.29. The molecule has 90 valence electrons. The van der Waals surface area contributed by atoms with Crippen LogP contribution in [0.2, 0.25) is 0 Å². The molecule has 0 fully saturated rings. The highest BCUT2D eigenvalue weighted by atomic mass is 79.9. The van der Waals surface area contributed by atoms with Gasteiger partial charge in [-0.1, -0.05) is 28.1 Å². The minimum absolute atomic E-state index is 0.281. The number of nitriles is 1. The quantitative estimate of drug-likeness (QED) is 0.819. The number of aromatic nitrogens is 2. The van der Waals surface area contributed by atoms with Crippen molar-refractivity contribution < 1.29 is 4.79 Å². The number of Topliss-reactive ketones (excluding diaryl/α,β-unsaturated/α-hetero) is 1. The zero-order valence-electron chi connectivity index (χ0n) is 9.67. The van der Waals surface area contributed by atoms with Gasteiger partial charge in [0.2, 0.25) is 5.78 Å². The molecule has 2 aromatic rings. The number of carbonyl (C=O) groups excluding carboxylic acids is 1. The molecule has 2 rings (SSSR count). The highest BCUT2D eigenvalue weighted by molar-refractivity contribution is 9.10. The van der Waals surface area contributed by atoms with Crippen LogP contribution in [0.4, 0.5) is 0 Å². The van der Waals surface area contributed by atoms with Crippen molar-refractivity contribution in [2.45, 2.75) is 5.92 Å². The number of rotatable bonds is 3. The van der Waals surface area contributed by atoms with Gasteiger partial charge in [0.05, 0.1) is 12.4 Å². The van der Waals surface area contributed by atoms with Crippen LogP contribution in [0.25, 0.3) is 0 Å². The van der Waals surface area contributed by atoms with Gasteiger partial charge in [-0.05, 0) is 17.7 Å². The lowest BCUT2D eigenvalue weighted by molar-refractivity contribution is 0.0974.